The van der Waals surface area contributed by atoms with Crippen molar-refractivity contribution in [1.29, 1.82) is 0 Å². The summed E-state index contributed by atoms with van der Waals surface area (Å²) in [5.74, 6) is -1.47. The Kier molecular flexibility index (Phi) is 7.52. The number of nitrogens with zero attached hydrogens (tertiary/aromatic N) is 1. The van der Waals surface area contributed by atoms with Crippen molar-refractivity contribution >= 4 is 39.3 Å². The van der Waals surface area contributed by atoms with Crippen molar-refractivity contribution in [3.05, 3.63) is 69.2 Å². The molecule has 2 amide bonds. The molecule has 0 radical (unpaired) electrons. The number of carbonyl (C=O) groups is 2. The first-order chi connectivity index (χ1) is 14.3. The Morgan fingerprint density at radius 2 is 1.87 bits per heavy atom. The van der Waals surface area contributed by atoms with E-state index >= 15 is 0 Å². The Morgan fingerprint density at radius 1 is 1.17 bits per heavy atom. The third-order valence-electron chi connectivity index (χ3n) is 5.32. The molecule has 0 aliphatic carbocycles. The van der Waals surface area contributed by atoms with Gasteiger partial charge in [0.2, 0.25) is 0 Å². The third-order valence-corrected chi connectivity index (χ3v) is 6.08. The number of benzene rings is 2. The number of halogens is 2. The number of nitrogens with one attached hydrogen (secondary N) is 1. The number of hydrogen-bond acceptors (Lipinski definition) is 4. The van der Waals surface area contributed by atoms with Gasteiger partial charge in [-0.2, -0.15) is 0 Å². The lowest BCUT2D eigenvalue weighted by molar-refractivity contribution is -0.154. The van der Waals surface area contributed by atoms with Gasteiger partial charge < -0.3 is 20.4 Å². The average molecular weight is 496 g/mol. The number of carbonyl (C=O) groups excluding carboxylic acids is 2. The van der Waals surface area contributed by atoms with Crippen LogP contribution in [0.15, 0.2) is 53.0 Å². The summed E-state index contributed by atoms with van der Waals surface area (Å²) in [4.78, 5) is 26.8. The van der Waals surface area contributed by atoms with Crippen LogP contribution >= 0.6 is 27.5 Å². The predicted octanol–water partition coefficient (Wildman–Crippen LogP) is 3.37. The van der Waals surface area contributed by atoms with Crippen molar-refractivity contribution in [3.8, 4) is 0 Å². The Hall–Kier alpha value is -1.93. The van der Waals surface area contributed by atoms with Crippen LogP contribution in [-0.4, -0.2) is 45.7 Å². The maximum atomic E-state index is 12.9. The Bertz CT molecular complexity index is 908. The molecule has 3 rings (SSSR count). The van der Waals surface area contributed by atoms with Gasteiger partial charge in [0.25, 0.3) is 11.8 Å². The first-order valence-electron chi connectivity index (χ1n) is 9.76. The van der Waals surface area contributed by atoms with E-state index in [4.69, 9.17) is 11.6 Å². The monoisotopic (exact) mass is 494 g/mol. The fourth-order valence-electron chi connectivity index (χ4n) is 3.67. The molecule has 2 aromatic carbocycles. The number of aliphatic hydroxyl groups excluding tert-OH is 2. The molecule has 0 bridgehead atoms. The van der Waals surface area contributed by atoms with Gasteiger partial charge in [-0.25, -0.2) is 0 Å². The van der Waals surface area contributed by atoms with E-state index in [1.165, 1.54) is 4.90 Å². The number of likely N-dealkylation sites (tertiary alicyclic amines) is 1. The molecule has 1 aliphatic rings. The Balaban J connectivity index is 1.65. The summed E-state index contributed by atoms with van der Waals surface area (Å²) < 4.78 is 0.908. The van der Waals surface area contributed by atoms with E-state index in [0.717, 1.165) is 28.4 Å². The van der Waals surface area contributed by atoms with Crippen LogP contribution in [0, 0.1) is 0 Å². The molecule has 2 aromatic rings. The fraction of sp³-hybridized carbons (Fsp3) is 0.364. The molecule has 4 atom stereocenters. The molecule has 1 aliphatic heterocycles. The number of rotatable bonds is 6. The molecule has 6 nitrogen and oxygen atoms in total. The zero-order chi connectivity index (χ0) is 21.8. The zero-order valence-corrected chi connectivity index (χ0v) is 18.8. The molecule has 0 spiro atoms. The molecule has 8 heteroatoms. The smallest absolute Gasteiger partial charge is 0.255 e. The van der Waals surface area contributed by atoms with Gasteiger partial charge in [0.15, 0.2) is 12.2 Å². The van der Waals surface area contributed by atoms with Crippen LogP contribution in [0.2, 0.25) is 5.02 Å². The second-order valence-electron chi connectivity index (χ2n) is 7.42. The van der Waals surface area contributed by atoms with Crippen LogP contribution in [0.25, 0.3) is 0 Å². The van der Waals surface area contributed by atoms with Crippen LogP contribution < -0.4 is 5.32 Å². The summed E-state index contributed by atoms with van der Waals surface area (Å²) in [5.41, 5.74) is 1.70. The quantitative estimate of drug-likeness (QED) is 0.573. The van der Waals surface area contributed by atoms with E-state index in [-0.39, 0.29) is 6.04 Å². The van der Waals surface area contributed by atoms with Crippen molar-refractivity contribution in [3.63, 3.8) is 0 Å². The van der Waals surface area contributed by atoms with Gasteiger partial charge >= 0.3 is 0 Å². The lowest BCUT2D eigenvalue weighted by Crippen LogP contribution is -2.50. The molecule has 160 valence electrons. The van der Waals surface area contributed by atoms with E-state index in [1.54, 1.807) is 25.1 Å². The molecule has 3 N–H and O–H groups in total. The Labute approximate surface area is 189 Å². The maximum Gasteiger partial charge on any atom is 0.255 e. The minimum atomic E-state index is -1.86. The van der Waals surface area contributed by atoms with Crippen LogP contribution in [0.3, 0.4) is 0 Å². The van der Waals surface area contributed by atoms with E-state index in [9.17, 15) is 19.8 Å². The van der Waals surface area contributed by atoms with Crippen molar-refractivity contribution in [2.24, 2.45) is 0 Å². The van der Waals surface area contributed by atoms with Gasteiger partial charge in [-0.15, -0.1) is 0 Å². The number of amides is 2. The van der Waals surface area contributed by atoms with Crippen molar-refractivity contribution in [2.75, 3.05) is 6.54 Å². The minimum absolute atomic E-state index is 0.247. The van der Waals surface area contributed by atoms with Crippen LogP contribution in [0.1, 0.15) is 43.0 Å². The second-order valence-corrected chi connectivity index (χ2v) is 8.77. The van der Waals surface area contributed by atoms with Crippen LogP contribution in [-0.2, 0) is 9.59 Å². The summed E-state index contributed by atoms with van der Waals surface area (Å²) in [6.07, 6.45) is -2.22. The molecule has 0 aromatic heterocycles. The molecule has 2 unspecified atom stereocenters. The zero-order valence-electron chi connectivity index (χ0n) is 16.5. The highest BCUT2D eigenvalue weighted by molar-refractivity contribution is 9.10. The standard InChI is InChI=1S/C22H24BrClN2O4/c1-13(14-7-9-16(23)10-8-14)25-21(29)19(27)20(28)22(30)26-11-3-6-18(26)15-4-2-5-17(24)12-15/h2,4-5,7-10,12-13,18-20,27-28H,3,6,11H2,1H3,(H,25,29)/t13-,18?,19?,20+/m0/s1. The largest absolute Gasteiger partial charge is 0.380 e. The van der Waals surface area contributed by atoms with E-state index in [0.29, 0.717) is 11.6 Å². The molecule has 1 fully saturated rings. The summed E-state index contributed by atoms with van der Waals surface area (Å²) in [5, 5.41) is 23.9. The van der Waals surface area contributed by atoms with Crippen molar-refractivity contribution in [1.82, 2.24) is 10.2 Å². The van der Waals surface area contributed by atoms with E-state index < -0.39 is 30.1 Å². The predicted molar refractivity (Wildman–Crippen MR) is 118 cm³/mol. The average Bonchev–Trinajstić information content (AvgIpc) is 3.22. The lowest BCUT2D eigenvalue weighted by atomic mass is 10.0. The molecular weight excluding hydrogens is 472 g/mol. The molecule has 30 heavy (non-hydrogen) atoms. The second kappa shape index (κ2) is 9.92. The first kappa shape index (κ1) is 22.7. The fourth-order valence-corrected chi connectivity index (χ4v) is 4.14. The van der Waals surface area contributed by atoms with Gasteiger partial charge in [-0.1, -0.05) is 51.8 Å². The maximum absolute atomic E-state index is 12.9. The topological polar surface area (TPSA) is 89.9 Å². The van der Waals surface area contributed by atoms with Gasteiger partial charge in [-0.3, -0.25) is 9.59 Å². The summed E-state index contributed by atoms with van der Waals surface area (Å²) in [6.45, 7) is 2.20. The van der Waals surface area contributed by atoms with Crippen LogP contribution in [0.5, 0.6) is 0 Å². The molecular formula is C22H24BrClN2O4. The van der Waals surface area contributed by atoms with Crippen molar-refractivity contribution in [2.45, 2.75) is 44.1 Å². The van der Waals surface area contributed by atoms with Gasteiger partial charge in [0, 0.05) is 16.0 Å². The summed E-state index contributed by atoms with van der Waals surface area (Å²) >= 11 is 9.42. The Morgan fingerprint density at radius 3 is 2.53 bits per heavy atom. The van der Waals surface area contributed by atoms with Gasteiger partial charge in [0.1, 0.15) is 0 Å². The number of aliphatic hydroxyl groups is 2. The highest BCUT2D eigenvalue weighted by Gasteiger charge is 2.38. The summed E-state index contributed by atoms with van der Waals surface area (Å²) in [7, 11) is 0. The van der Waals surface area contributed by atoms with Gasteiger partial charge in [-0.05, 0) is 55.2 Å². The molecule has 1 saturated heterocycles. The first-order valence-corrected chi connectivity index (χ1v) is 10.9. The highest BCUT2D eigenvalue weighted by Crippen LogP contribution is 2.33. The third kappa shape index (κ3) is 5.21. The molecule has 0 saturated carbocycles. The van der Waals surface area contributed by atoms with E-state index in [1.807, 2.05) is 30.3 Å². The van der Waals surface area contributed by atoms with Gasteiger partial charge in [0.05, 0.1) is 12.1 Å². The van der Waals surface area contributed by atoms with Crippen molar-refractivity contribution < 1.29 is 19.8 Å². The minimum Gasteiger partial charge on any atom is -0.380 e. The normalized spacial score (nSPS) is 19.2. The SMILES string of the molecule is C[C@H](NC(=O)C(O)[C@@H](O)C(=O)N1CCCC1c1cccc(Cl)c1)c1ccc(Br)cc1. The highest BCUT2D eigenvalue weighted by atomic mass is 79.9. The summed E-state index contributed by atoms with van der Waals surface area (Å²) in [6, 6.07) is 13.9. The van der Waals surface area contributed by atoms with E-state index in [2.05, 4.69) is 21.2 Å². The molecule has 1 heterocycles. The lowest BCUT2D eigenvalue weighted by Gasteiger charge is -2.29. The van der Waals surface area contributed by atoms with Crippen LogP contribution in [0.4, 0.5) is 0 Å². The number of hydrogen-bond donors (Lipinski definition) is 3.